The summed E-state index contributed by atoms with van der Waals surface area (Å²) in [7, 11) is 1.70. The summed E-state index contributed by atoms with van der Waals surface area (Å²) in [5, 5.41) is 14.7. The number of halogens is 1. The van der Waals surface area contributed by atoms with Crippen molar-refractivity contribution in [3.63, 3.8) is 0 Å². The van der Waals surface area contributed by atoms with Gasteiger partial charge in [-0.15, -0.1) is 34.2 Å². The van der Waals surface area contributed by atoms with Crippen molar-refractivity contribution in [3.05, 3.63) is 60.0 Å². The predicted molar refractivity (Wildman–Crippen MR) is 117 cm³/mol. The number of rotatable bonds is 7. The summed E-state index contributed by atoms with van der Waals surface area (Å²) in [5.41, 5.74) is 6.87. The molecule has 3 rings (SSSR count). The highest BCUT2D eigenvalue weighted by Gasteiger charge is 2.06. The minimum Gasteiger partial charge on any atom is -0.484 e. The molecule has 0 saturated carbocycles. The maximum absolute atomic E-state index is 10.8. The van der Waals surface area contributed by atoms with Crippen LogP contribution in [0.3, 0.4) is 0 Å². The molecular formula is C18H22IN7O2. The number of carbonyl (C=O) groups is 1. The Hall–Kier alpha value is -2.89. The summed E-state index contributed by atoms with van der Waals surface area (Å²) in [4.78, 5) is 15.0. The van der Waals surface area contributed by atoms with Gasteiger partial charge in [-0.05, 0) is 29.8 Å². The Morgan fingerprint density at radius 2 is 2.00 bits per heavy atom. The molecule has 0 saturated heterocycles. The Morgan fingerprint density at radius 1 is 1.18 bits per heavy atom. The highest BCUT2D eigenvalue weighted by atomic mass is 127. The highest BCUT2D eigenvalue weighted by Crippen LogP contribution is 2.13. The first-order chi connectivity index (χ1) is 13.2. The van der Waals surface area contributed by atoms with Crippen LogP contribution in [-0.4, -0.2) is 40.1 Å². The molecular weight excluding hydrogens is 473 g/mol. The molecule has 2 heterocycles. The third kappa shape index (κ3) is 5.81. The largest absolute Gasteiger partial charge is 0.484 e. The van der Waals surface area contributed by atoms with E-state index in [1.54, 1.807) is 13.1 Å². The van der Waals surface area contributed by atoms with Crippen LogP contribution in [0.1, 0.15) is 11.4 Å². The molecule has 28 heavy (non-hydrogen) atoms. The lowest BCUT2D eigenvalue weighted by Crippen LogP contribution is -2.36. The molecule has 0 fully saturated rings. The number of nitrogens with two attached hydrogens (primary N) is 1. The Morgan fingerprint density at radius 3 is 2.79 bits per heavy atom. The van der Waals surface area contributed by atoms with Crippen molar-refractivity contribution >= 4 is 41.5 Å². The quantitative estimate of drug-likeness (QED) is 0.257. The number of carbonyl (C=O) groups excluding carboxylic acids is 1. The van der Waals surface area contributed by atoms with Crippen LogP contribution in [0, 0.1) is 0 Å². The molecule has 0 aliphatic rings. The van der Waals surface area contributed by atoms with Gasteiger partial charge in [0.1, 0.15) is 5.75 Å². The predicted octanol–water partition coefficient (Wildman–Crippen LogP) is 1.08. The first-order valence-corrected chi connectivity index (χ1v) is 8.39. The van der Waals surface area contributed by atoms with Crippen LogP contribution < -0.4 is 21.1 Å². The van der Waals surface area contributed by atoms with Crippen molar-refractivity contribution in [1.29, 1.82) is 0 Å². The number of amides is 1. The summed E-state index contributed by atoms with van der Waals surface area (Å²) in [6.07, 6.45) is 1.92. The fourth-order valence-corrected chi connectivity index (χ4v) is 2.48. The number of ether oxygens (including phenoxy) is 1. The standard InChI is InChI=1S/C18H21N7O2.HI/c1-20-18(22-11-17-24-23-16-7-2-3-8-25(16)17)21-10-13-5-4-6-14(9-13)27-12-15(19)26;/h2-9H,10-12H2,1H3,(H2,19,26)(H2,20,21,22);1H. The van der Waals surface area contributed by atoms with Gasteiger partial charge in [0.05, 0.1) is 6.54 Å². The van der Waals surface area contributed by atoms with Gasteiger partial charge in [0.25, 0.3) is 5.91 Å². The Balaban J connectivity index is 0.00000280. The lowest BCUT2D eigenvalue weighted by molar-refractivity contribution is -0.119. The van der Waals surface area contributed by atoms with Gasteiger partial charge in [0, 0.05) is 19.8 Å². The molecule has 0 aliphatic carbocycles. The highest BCUT2D eigenvalue weighted by molar-refractivity contribution is 14.0. The maximum Gasteiger partial charge on any atom is 0.255 e. The second-order valence-corrected chi connectivity index (χ2v) is 5.73. The van der Waals surface area contributed by atoms with Crippen LogP contribution in [0.25, 0.3) is 5.65 Å². The van der Waals surface area contributed by atoms with E-state index in [-0.39, 0.29) is 30.6 Å². The molecule has 0 radical (unpaired) electrons. The number of aliphatic imine (C=N–C) groups is 1. The van der Waals surface area contributed by atoms with Crippen LogP contribution in [-0.2, 0) is 17.9 Å². The molecule has 9 nitrogen and oxygen atoms in total. The number of pyridine rings is 1. The molecule has 0 unspecified atom stereocenters. The van der Waals surface area contributed by atoms with E-state index in [2.05, 4.69) is 25.8 Å². The van der Waals surface area contributed by atoms with Gasteiger partial charge in [-0.25, -0.2) is 0 Å². The van der Waals surface area contributed by atoms with E-state index in [0.29, 0.717) is 24.8 Å². The molecule has 1 amide bonds. The molecule has 2 aromatic heterocycles. The average molecular weight is 495 g/mol. The SMILES string of the molecule is CN=C(NCc1cccc(OCC(N)=O)c1)NCc1nnc2ccccn12.I. The first kappa shape index (κ1) is 21.4. The van der Waals surface area contributed by atoms with E-state index in [1.165, 1.54) is 0 Å². The van der Waals surface area contributed by atoms with E-state index < -0.39 is 5.91 Å². The lowest BCUT2D eigenvalue weighted by Gasteiger charge is -2.12. The van der Waals surface area contributed by atoms with Gasteiger partial charge >= 0.3 is 0 Å². The fourth-order valence-electron chi connectivity index (χ4n) is 2.48. The smallest absolute Gasteiger partial charge is 0.255 e. The van der Waals surface area contributed by atoms with Gasteiger partial charge in [-0.3, -0.25) is 14.2 Å². The van der Waals surface area contributed by atoms with Crippen molar-refractivity contribution < 1.29 is 9.53 Å². The summed E-state index contributed by atoms with van der Waals surface area (Å²) >= 11 is 0. The van der Waals surface area contributed by atoms with Crippen LogP contribution >= 0.6 is 24.0 Å². The van der Waals surface area contributed by atoms with Crippen molar-refractivity contribution in [1.82, 2.24) is 25.2 Å². The maximum atomic E-state index is 10.8. The lowest BCUT2D eigenvalue weighted by atomic mass is 10.2. The molecule has 0 atom stereocenters. The number of nitrogens with zero attached hydrogens (tertiary/aromatic N) is 4. The van der Waals surface area contributed by atoms with Crippen molar-refractivity contribution in [3.8, 4) is 5.75 Å². The molecule has 4 N–H and O–H groups in total. The van der Waals surface area contributed by atoms with Gasteiger partial charge in [-0.2, -0.15) is 0 Å². The minimum absolute atomic E-state index is 0. The van der Waals surface area contributed by atoms with Gasteiger partial charge in [0.15, 0.2) is 24.0 Å². The monoisotopic (exact) mass is 495 g/mol. The van der Waals surface area contributed by atoms with Gasteiger partial charge in [0.2, 0.25) is 0 Å². The van der Waals surface area contributed by atoms with Crippen molar-refractivity contribution in [2.24, 2.45) is 10.7 Å². The second kappa shape index (κ2) is 10.4. The number of hydrogen-bond donors (Lipinski definition) is 3. The Labute approximate surface area is 179 Å². The van der Waals surface area contributed by atoms with Crippen LogP contribution in [0.2, 0.25) is 0 Å². The number of primary amides is 1. The van der Waals surface area contributed by atoms with Crippen LogP contribution in [0.4, 0.5) is 0 Å². The van der Waals surface area contributed by atoms with Crippen LogP contribution in [0.5, 0.6) is 5.75 Å². The zero-order valence-electron chi connectivity index (χ0n) is 15.3. The molecule has 0 spiro atoms. The summed E-state index contributed by atoms with van der Waals surface area (Å²) < 4.78 is 7.23. The number of nitrogens with one attached hydrogen (secondary N) is 2. The zero-order valence-corrected chi connectivity index (χ0v) is 17.7. The molecule has 148 valence electrons. The average Bonchev–Trinajstić information content (AvgIpc) is 3.10. The first-order valence-electron chi connectivity index (χ1n) is 8.39. The number of aromatic nitrogens is 3. The number of fused-ring (bicyclic) bond motifs is 1. The van der Waals surface area contributed by atoms with E-state index >= 15 is 0 Å². The Kier molecular flexibility index (Phi) is 7.99. The molecule has 0 aliphatic heterocycles. The van der Waals surface area contributed by atoms with E-state index in [0.717, 1.165) is 17.0 Å². The number of benzene rings is 1. The molecule has 10 heteroatoms. The van der Waals surface area contributed by atoms with Gasteiger partial charge in [-0.1, -0.05) is 18.2 Å². The summed E-state index contributed by atoms with van der Waals surface area (Å²) in [5.74, 6) is 1.50. The second-order valence-electron chi connectivity index (χ2n) is 5.73. The summed E-state index contributed by atoms with van der Waals surface area (Å²) in [6, 6.07) is 13.2. The van der Waals surface area contributed by atoms with Crippen molar-refractivity contribution in [2.45, 2.75) is 13.1 Å². The fraction of sp³-hybridized carbons (Fsp3) is 0.222. The molecule has 3 aromatic rings. The van der Waals surface area contributed by atoms with Crippen molar-refractivity contribution in [2.75, 3.05) is 13.7 Å². The molecule has 1 aromatic carbocycles. The number of guanidine groups is 1. The number of hydrogen-bond acceptors (Lipinski definition) is 5. The van der Waals surface area contributed by atoms with E-state index in [9.17, 15) is 4.79 Å². The van der Waals surface area contributed by atoms with E-state index in [1.807, 2.05) is 47.0 Å². The third-order valence-corrected chi connectivity index (χ3v) is 3.76. The topological polar surface area (TPSA) is 119 Å². The Bertz CT molecular complexity index is 958. The van der Waals surface area contributed by atoms with Gasteiger partial charge < -0.3 is 21.1 Å². The van der Waals surface area contributed by atoms with Crippen LogP contribution in [0.15, 0.2) is 53.7 Å². The normalized spacial score (nSPS) is 11.0. The zero-order chi connectivity index (χ0) is 19.1. The van der Waals surface area contributed by atoms with E-state index in [4.69, 9.17) is 10.5 Å². The molecule has 0 bridgehead atoms. The third-order valence-electron chi connectivity index (χ3n) is 3.76. The minimum atomic E-state index is -0.510. The summed E-state index contributed by atoms with van der Waals surface area (Å²) in [6.45, 7) is 0.868.